The molecular weight excluding hydrogens is 377 g/mol. The Balaban J connectivity index is 1.79. The lowest BCUT2D eigenvalue weighted by molar-refractivity contribution is 0.835. The summed E-state index contributed by atoms with van der Waals surface area (Å²) in [5.41, 5.74) is 5.30. The molecule has 1 N–H and O–H groups in total. The maximum absolute atomic E-state index is 6.35. The SMILES string of the molecule is Cc1c(Cl)cccc1-n1nc(Cc2ccc(Cl)cc2Cl)c2c1NCC2. The van der Waals surface area contributed by atoms with Crippen LogP contribution in [0.1, 0.15) is 22.4 Å². The molecule has 25 heavy (non-hydrogen) atoms. The number of nitrogens with zero attached hydrogens (tertiary/aromatic N) is 2. The molecule has 4 rings (SSSR count). The topological polar surface area (TPSA) is 29.9 Å². The summed E-state index contributed by atoms with van der Waals surface area (Å²) in [5, 5.41) is 10.4. The molecule has 3 aromatic rings. The monoisotopic (exact) mass is 391 g/mol. The van der Waals surface area contributed by atoms with Gasteiger partial charge in [-0.05, 0) is 48.7 Å². The fourth-order valence-corrected chi connectivity index (χ4v) is 3.88. The van der Waals surface area contributed by atoms with Crippen molar-refractivity contribution in [3.8, 4) is 5.69 Å². The highest BCUT2D eigenvalue weighted by atomic mass is 35.5. The highest BCUT2D eigenvalue weighted by Crippen LogP contribution is 2.33. The van der Waals surface area contributed by atoms with Gasteiger partial charge >= 0.3 is 0 Å². The van der Waals surface area contributed by atoms with E-state index in [9.17, 15) is 0 Å². The average Bonchev–Trinajstić information content (AvgIpc) is 3.17. The van der Waals surface area contributed by atoms with Gasteiger partial charge in [-0.1, -0.05) is 46.9 Å². The number of nitrogens with one attached hydrogen (secondary N) is 1. The number of benzene rings is 2. The van der Waals surface area contributed by atoms with Crippen LogP contribution in [0.3, 0.4) is 0 Å². The molecule has 2 heterocycles. The molecule has 0 saturated carbocycles. The second-order valence-electron chi connectivity index (χ2n) is 6.16. The number of aromatic nitrogens is 2. The lowest BCUT2D eigenvalue weighted by Gasteiger charge is -2.10. The van der Waals surface area contributed by atoms with Crippen molar-refractivity contribution in [1.29, 1.82) is 0 Å². The lowest BCUT2D eigenvalue weighted by Crippen LogP contribution is -2.06. The van der Waals surface area contributed by atoms with Crippen LogP contribution in [-0.4, -0.2) is 16.3 Å². The van der Waals surface area contributed by atoms with E-state index in [0.717, 1.165) is 46.3 Å². The molecule has 0 aliphatic carbocycles. The third-order valence-corrected chi connectivity index (χ3v) is 5.57. The van der Waals surface area contributed by atoms with Crippen LogP contribution in [0.15, 0.2) is 36.4 Å². The van der Waals surface area contributed by atoms with Gasteiger partial charge in [-0.25, -0.2) is 4.68 Å². The summed E-state index contributed by atoms with van der Waals surface area (Å²) in [6, 6.07) is 11.5. The van der Waals surface area contributed by atoms with E-state index in [-0.39, 0.29) is 0 Å². The van der Waals surface area contributed by atoms with E-state index >= 15 is 0 Å². The van der Waals surface area contributed by atoms with Gasteiger partial charge in [-0.3, -0.25) is 0 Å². The van der Waals surface area contributed by atoms with Crippen molar-refractivity contribution in [3.63, 3.8) is 0 Å². The quantitative estimate of drug-likeness (QED) is 0.619. The van der Waals surface area contributed by atoms with Gasteiger partial charge in [0.25, 0.3) is 0 Å². The van der Waals surface area contributed by atoms with Crippen LogP contribution in [0.5, 0.6) is 0 Å². The molecule has 128 valence electrons. The molecule has 0 unspecified atom stereocenters. The van der Waals surface area contributed by atoms with Crippen molar-refractivity contribution in [3.05, 3.63) is 73.9 Å². The molecule has 0 bridgehead atoms. The number of halogens is 3. The van der Waals surface area contributed by atoms with Gasteiger partial charge in [0.1, 0.15) is 5.82 Å². The summed E-state index contributed by atoms with van der Waals surface area (Å²) in [6.45, 7) is 2.92. The van der Waals surface area contributed by atoms with Crippen LogP contribution in [0, 0.1) is 6.92 Å². The standard InChI is InChI=1S/C19H16Cl3N3/c1-11-15(21)3-2-4-18(11)25-19-14(7-8-23-19)17(24-25)9-12-5-6-13(20)10-16(12)22/h2-6,10,23H,7-9H2,1H3. The van der Waals surface area contributed by atoms with Crippen LogP contribution < -0.4 is 5.32 Å². The number of hydrogen-bond donors (Lipinski definition) is 1. The Kier molecular flexibility index (Phi) is 4.40. The van der Waals surface area contributed by atoms with E-state index in [2.05, 4.69) is 5.32 Å². The van der Waals surface area contributed by atoms with Crippen molar-refractivity contribution in [1.82, 2.24) is 9.78 Å². The van der Waals surface area contributed by atoms with E-state index in [1.54, 1.807) is 6.07 Å². The van der Waals surface area contributed by atoms with Gasteiger partial charge in [0.15, 0.2) is 0 Å². The minimum atomic E-state index is 0.640. The Morgan fingerprint density at radius 3 is 2.76 bits per heavy atom. The Morgan fingerprint density at radius 1 is 1.12 bits per heavy atom. The molecule has 0 amide bonds. The molecule has 0 radical (unpaired) electrons. The maximum Gasteiger partial charge on any atom is 0.133 e. The molecule has 3 nitrogen and oxygen atoms in total. The maximum atomic E-state index is 6.35. The average molecular weight is 393 g/mol. The predicted octanol–water partition coefficient (Wildman–Crippen LogP) is 5.70. The fraction of sp³-hybridized carbons (Fsp3) is 0.211. The second-order valence-corrected chi connectivity index (χ2v) is 7.41. The van der Waals surface area contributed by atoms with E-state index < -0.39 is 0 Å². The minimum absolute atomic E-state index is 0.640. The summed E-state index contributed by atoms with van der Waals surface area (Å²) < 4.78 is 1.96. The number of fused-ring (bicyclic) bond motifs is 1. The normalized spacial score (nSPS) is 13.0. The summed E-state index contributed by atoms with van der Waals surface area (Å²) >= 11 is 18.6. The molecule has 0 saturated heterocycles. The minimum Gasteiger partial charge on any atom is -0.369 e. The van der Waals surface area contributed by atoms with E-state index in [4.69, 9.17) is 39.9 Å². The van der Waals surface area contributed by atoms with Crippen LogP contribution >= 0.6 is 34.8 Å². The van der Waals surface area contributed by atoms with Crippen molar-refractivity contribution in [2.75, 3.05) is 11.9 Å². The zero-order valence-electron chi connectivity index (χ0n) is 13.6. The number of anilines is 1. The van der Waals surface area contributed by atoms with Crippen LogP contribution in [0.25, 0.3) is 5.69 Å². The molecule has 0 fully saturated rings. The van der Waals surface area contributed by atoms with E-state index in [0.29, 0.717) is 16.5 Å². The van der Waals surface area contributed by atoms with Crippen LogP contribution in [0.2, 0.25) is 15.1 Å². The third kappa shape index (κ3) is 3.01. The van der Waals surface area contributed by atoms with E-state index in [1.807, 2.05) is 41.9 Å². The molecule has 1 aliphatic rings. The van der Waals surface area contributed by atoms with Gasteiger partial charge in [-0.15, -0.1) is 0 Å². The largest absolute Gasteiger partial charge is 0.369 e. The zero-order chi connectivity index (χ0) is 17.6. The Morgan fingerprint density at radius 2 is 1.96 bits per heavy atom. The van der Waals surface area contributed by atoms with Gasteiger partial charge in [0, 0.05) is 33.6 Å². The van der Waals surface area contributed by atoms with Crippen molar-refractivity contribution < 1.29 is 0 Å². The van der Waals surface area contributed by atoms with Crippen molar-refractivity contribution in [2.24, 2.45) is 0 Å². The summed E-state index contributed by atoms with van der Waals surface area (Å²) in [4.78, 5) is 0. The number of rotatable bonds is 3. The third-order valence-electron chi connectivity index (χ3n) is 4.57. The first-order valence-electron chi connectivity index (χ1n) is 8.08. The summed E-state index contributed by atoms with van der Waals surface area (Å²) in [6.07, 6.45) is 1.63. The molecule has 0 spiro atoms. The summed E-state index contributed by atoms with van der Waals surface area (Å²) in [5.74, 6) is 1.05. The van der Waals surface area contributed by atoms with Crippen molar-refractivity contribution >= 4 is 40.6 Å². The van der Waals surface area contributed by atoms with Crippen molar-refractivity contribution in [2.45, 2.75) is 19.8 Å². The molecular formula is C19H16Cl3N3. The Bertz CT molecular complexity index is 963. The van der Waals surface area contributed by atoms with E-state index in [1.165, 1.54) is 5.56 Å². The first kappa shape index (κ1) is 16.8. The smallest absolute Gasteiger partial charge is 0.133 e. The number of hydrogen-bond acceptors (Lipinski definition) is 2. The highest BCUT2D eigenvalue weighted by molar-refractivity contribution is 6.35. The zero-order valence-corrected chi connectivity index (χ0v) is 15.9. The molecule has 1 aliphatic heterocycles. The first-order chi connectivity index (χ1) is 12.0. The lowest BCUT2D eigenvalue weighted by atomic mass is 10.1. The Hall–Kier alpha value is -1.68. The first-order valence-corrected chi connectivity index (χ1v) is 9.22. The molecule has 6 heteroatoms. The Labute approximate surface area is 161 Å². The summed E-state index contributed by atoms with van der Waals surface area (Å²) in [7, 11) is 0. The molecule has 2 aromatic carbocycles. The molecule has 1 aromatic heterocycles. The molecule has 0 atom stereocenters. The highest BCUT2D eigenvalue weighted by Gasteiger charge is 2.24. The second kappa shape index (κ2) is 6.56. The van der Waals surface area contributed by atoms with Gasteiger partial charge in [-0.2, -0.15) is 5.10 Å². The van der Waals surface area contributed by atoms with Crippen LogP contribution in [0.4, 0.5) is 5.82 Å². The van der Waals surface area contributed by atoms with Gasteiger partial charge in [0.05, 0.1) is 11.4 Å². The van der Waals surface area contributed by atoms with Crippen LogP contribution in [-0.2, 0) is 12.8 Å². The predicted molar refractivity (Wildman–Crippen MR) is 105 cm³/mol. The van der Waals surface area contributed by atoms with Gasteiger partial charge in [0.2, 0.25) is 0 Å². The fourth-order valence-electron chi connectivity index (χ4n) is 3.23. The van der Waals surface area contributed by atoms with Gasteiger partial charge < -0.3 is 5.32 Å².